The molecule has 2 amide bonds. The van der Waals surface area contributed by atoms with Crippen LogP contribution in [0.1, 0.15) is 13.8 Å². The molecular weight excluding hydrogens is 852 g/mol. The average Bonchev–Trinajstić information content (AvgIpc) is 3.23. The van der Waals surface area contributed by atoms with Crippen LogP contribution in [0.3, 0.4) is 0 Å². The minimum absolute atomic E-state index is 0.682. The standard InChI is InChI=1S/C34H58N2O26/c1-8(41)35-15-20(46)27(12(5-39)55-30(15)53)60-31-16(36-9(2)42)21(47)28(13(6-40)58-31)61-33-26(52)23(49)19(45)14(59-33)7-54-34-29(24(50)18(44)11(4-38)57-34)62-32-25(51)22(48)17(43)10(3-37)56-32/h10-34,37-40,43-53H,3-7H2,1-2H3,(H,35,41)(H,36,42)/t10-,11-,12-,13-,14-,15-,16-,17-,18-,19-,20-,21-,22+,23+,24+,25+,26+,27-,28-,29+,30?,31+,32-,33+,34+/m1/s1. The van der Waals surface area contributed by atoms with E-state index < -0.39 is 198 Å². The Morgan fingerprint density at radius 1 is 0.419 bits per heavy atom. The molecule has 0 aromatic carbocycles. The van der Waals surface area contributed by atoms with Crippen LogP contribution in [0.2, 0.25) is 0 Å². The molecule has 0 spiro atoms. The average molecular weight is 911 g/mol. The first-order valence-corrected chi connectivity index (χ1v) is 19.6. The van der Waals surface area contributed by atoms with E-state index in [1.165, 1.54) is 0 Å². The number of hydrogen-bond acceptors (Lipinski definition) is 26. The van der Waals surface area contributed by atoms with Gasteiger partial charge in [0.1, 0.15) is 122 Å². The predicted octanol–water partition coefficient (Wildman–Crippen LogP) is -11.6. The van der Waals surface area contributed by atoms with Crippen molar-refractivity contribution in [3.05, 3.63) is 0 Å². The van der Waals surface area contributed by atoms with Gasteiger partial charge in [-0.3, -0.25) is 9.59 Å². The first kappa shape index (κ1) is 51.0. The third-order valence-electron chi connectivity index (χ3n) is 11.1. The van der Waals surface area contributed by atoms with E-state index in [0.29, 0.717) is 0 Å². The van der Waals surface area contributed by atoms with E-state index in [0.717, 1.165) is 13.8 Å². The molecular formula is C34H58N2O26. The molecule has 5 aliphatic heterocycles. The van der Waals surface area contributed by atoms with Crippen LogP contribution in [0.4, 0.5) is 0 Å². The van der Waals surface area contributed by atoms with Crippen molar-refractivity contribution in [3.8, 4) is 0 Å². The fourth-order valence-corrected chi connectivity index (χ4v) is 7.72. The van der Waals surface area contributed by atoms with E-state index in [-0.39, 0.29) is 0 Å². The summed E-state index contributed by atoms with van der Waals surface area (Å²) in [7, 11) is 0. The van der Waals surface area contributed by atoms with Gasteiger partial charge in [-0.15, -0.1) is 0 Å². The van der Waals surface area contributed by atoms with Crippen LogP contribution in [-0.2, 0) is 52.2 Å². The highest BCUT2D eigenvalue weighted by molar-refractivity contribution is 5.73. The SMILES string of the molecule is CC(=O)N[C@H]1[C@H](O[C@H]2[C@H](O)[C@@H](NC(C)=O)C(O)O[C@@H]2CO)O[C@H](CO)[C@@H](O[C@@H]2O[C@H](CO[C@H]3O[C@H](CO)[C@@H](O)[C@H](O)[C@@H]3O[C@H]3O[C@H](CO)[C@@H](O)[C@H](O)[C@@H]3O)[C@@H](O)[C@H](O)[C@@H]2O)[C@@H]1O. The largest absolute Gasteiger partial charge is 0.394 e. The Morgan fingerprint density at radius 3 is 1.32 bits per heavy atom. The van der Waals surface area contributed by atoms with Crippen molar-refractivity contribution < 1.29 is 129 Å². The van der Waals surface area contributed by atoms with Crippen molar-refractivity contribution in [3.63, 3.8) is 0 Å². The number of aliphatic hydroxyl groups is 15. The summed E-state index contributed by atoms with van der Waals surface area (Å²) in [4.78, 5) is 24.1. The van der Waals surface area contributed by atoms with Crippen LogP contribution >= 0.6 is 0 Å². The first-order chi connectivity index (χ1) is 29.3. The van der Waals surface area contributed by atoms with E-state index in [9.17, 15) is 86.2 Å². The van der Waals surface area contributed by atoms with Gasteiger partial charge in [0.25, 0.3) is 0 Å². The third kappa shape index (κ3) is 11.0. The molecule has 5 saturated heterocycles. The summed E-state index contributed by atoms with van der Waals surface area (Å²) in [6, 6.07) is -3.13. The monoisotopic (exact) mass is 910 g/mol. The summed E-state index contributed by atoms with van der Waals surface area (Å²) in [6.45, 7) is -2.24. The quantitative estimate of drug-likeness (QED) is 0.0725. The minimum atomic E-state index is -2.10. The van der Waals surface area contributed by atoms with Crippen molar-refractivity contribution in [2.24, 2.45) is 0 Å². The van der Waals surface area contributed by atoms with Gasteiger partial charge in [0.2, 0.25) is 11.8 Å². The van der Waals surface area contributed by atoms with E-state index in [1.807, 2.05) is 0 Å². The highest BCUT2D eigenvalue weighted by atomic mass is 16.8. The maximum absolute atomic E-state index is 12.3. The molecule has 25 atom stereocenters. The Hall–Kier alpha value is -2.02. The van der Waals surface area contributed by atoms with Gasteiger partial charge in [-0.2, -0.15) is 0 Å². The van der Waals surface area contributed by atoms with Gasteiger partial charge < -0.3 is 130 Å². The summed E-state index contributed by atoms with van der Waals surface area (Å²) in [5, 5.41) is 162. The van der Waals surface area contributed by atoms with E-state index in [1.54, 1.807) is 0 Å². The zero-order valence-electron chi connectivity index (χ0n) is 33.2. The molecule has 28 heteroatoms. The number of rotatable bonds is 15. The summed E-state index contributed by atoms with van der Waals surface area (Å²) in [5.41, 5.74) is 0. The van der Waals surface area contributed by atoms with Crippen LogP contribution in [0, 0.1) is 0 Å². The molecule has 0 saturated carbocycles. The van der Waals surface area contributed by atoms with Crippen molar-refractivity contribution in [1.29, 1.82) is 0 Å². The van der Waals surface area contributed by atoms with E-state index in [2.05, 4.69) is 10.6 Å². The van der Waals surface area contributed by atoms with Gasteiger partial charge in [-0.25, -0.2) is 0 Å². The molecule has 62 heavy (non-hydrogen) atoms. The zero-order chi connectivity index (χ0) is 45.9. The van der Waals surface area contributed by atoms with E-state index >= 15 is 0 Å². The molecule has 17 N–H and O–H groups in total. The first-order valence-electron chi connectivity index (χ1n) is 19.6. The number of amides is 2. The Morgan fingerprint density at radius 2 is 0.806 bits per heavy atom. The molecule has 0 aromatic rings. The Bertz CT molecular complexity index is 1440. The Kier molecular flexibility index (Phi) is 18.1. The predicted molar refractivity (Wildman–Crippen MR) is 190 cm³/mol. The molecule has 5 fully saturated rings. The number of carbonyl (C=O) groups excluding carboxylic acids is 2. The van der Waals surface area contributed by atoms with Crippen molar-refractivity contribution in [2.45, 2.75) is 167 Å². The second kappa shape index (κ2) is 22.0. The van der Waals surface area contributed by atoms with Gasteiger partial charge in [-0.1, -0.05) is 0 Å². The molecule has 5 heterocycles. The number of nitrogens with one attached hydrogen (secondary N) is 2. The highest BCUT2D eigenvalue weighted by Crippen LogP contribution is 2.34. The zero-order valence-corrected chi connectivity index (χ0v) is 33.2. The van der Waals surface area contributed by atoms with Crippen LogP contribution in [-0.4, -0.2) is 275 Å². The lowest BCUT2D eigenvalue weighted by atomic mass is 9.94. The van der Waals surface area contributed by atoms with Crippen LogP contribution in [0.25, 0.3) is 0 Å². The second-order valence-electron chi connectivity index (χ2n) is 15.5. The topological polar surface area (TPSA) is 445 Å². The van der Waals surface area contributed by atoms with E-state index in [4.69, 9.17) is 42.6 Å². The Balaban J connectivity index is 1.32. The molecule has 0 aromatic heterocycles. The minimum Gasteiger partial charge on any atom is -0.394 e. The van der Waals surface area contributed by atoms with Crippen LogP contribution in [0.5, 0.6) is 0 Å². The van der Waals surface area contributed by atoms with Crippen LogP contribution < -0.4 is 10.6 Å². The molecule has 5 aliphatic rings. The number of carbonyl (C=O) groups is 2. The maximum Gasteiger partial charge on any atom is 0.217 e. The molecule has 360 valence electrons. The normalized spacial score (nSPS) is 49.0. The van der Waals surface area contributed by atoms with Gasteiger partial charge in [0.05, 0.1) is 33.0 Å². The lowest BCUT2D eigenvalue weighted by Gasteiger charge is -2.49. The molecule has 0 aliphatic carbocycles. The smallest absolute Gasteiger partial charge is 0.217 e. The fraction of sp³-hybridized carbons (Fsp3) is 0.941. The number of hydrogen-bond donors (Lipinski definition) is 17. The summed E-state index contributed by atoms with van der Waals surface area (Å²) < 4.78 is 50.7. The van der Waals surface area contributed by atoms with Gasteiger partial charge in [0.15, 0.2) is 31.5 Å². The number of ether oxygens (including phenoxy) is 9. The van der Waals surface area contributed by atoms with Crippen molar-refractivity contribution >= 4 is 11.8 Å². The van der Waals surface area contributed by atoms with Crippen LogP contribution in [0.15, 0.2) is 0 Å². The Labute approximate surface area is 351 Å². The molecule has 0 bridgehead atoms. The molecule has 5 rings (SSSR count). The fourth-order valence-electron chi connectivity index (χ4n) is 7.72. The lowest BCUT2D eigenvalue weighted by molar-refractivity contribution is -0.378. The van der Waals surface area contributed by atoms with Crippen molar-refractivity contribution in [2.75, 3.05) is 33.0 Å². The highest BCUT2D eigenvalue weighted by Gasteiger charge is 2.56. The summed E-state index contributed by atoms with van der Waals surface area (Å²) >= 11 is 0. The number of aliphatic hydroxyl groups excluding tert-OH is 15. The van der Waals surface area contributed by atoms with Gasteiger partial charge in [0, 0.05) is 13.8 Å². The molecule has 1 unspecified atom stereocenters. The van der Waals surface area contributed by atoms with Crippen molar-refractivity contribution in [1.82, 2.24) is 10.6 Å². The third-order valence-corrected chi connectivity index (χ3v) is 11.1. The summed E-state index contributed by atoms with van der Waals surface area (Å²) in [6.07, 6.45) is -41.7. The van der Waals surface area contributed by atoms with Gasteiger partial charge in [-0.05, 0) is 0 Å². The lowest BCUT2D eigenvalue weighted by Crippen LogP contribution is -2.70. The summed E-state index contributed by atoms with van der Waals surface area (Å²) in [5.74, 6) is -1.46. The molecule has 28 nitrogen and oxygen atoms in total. The maximum atomic E-state index is 12.3. The second-order valence-corrected chi connectivity index (χ2v) is 15.5. The van der Waals surface area contributed by atoms with Gasteiger partial charge >= 0.3 is 0 Å². The molecule has 0 radical (unpaired) electrons.